The van der Waals surface area contributed by atoms with Crippen molar-refractivity contribution in [2.24, 2.45) is 0 Å². The van der Waals surface area contributed by atoms with Gasteiger partial charge in [-0.3, -0.25) is 0 Å². The number of hydrogen-bond acceptors (Lipinski definition) is 5. The minimum Gasteiger partial charge on any atom is -0.353 e. The summed E-state index contributed by atoms with van der Waals surface area (Å²) in [6.45, 7) is 3.77. The summed E-state index contributed by atoms with van der Waals surface area (Å²) < 4.78 is 26.4. The monoisotopic (exact) mass is 464 g/mol. The van der Waals surface area contributed by atoms with E-state index >= 15 is 0 Å². The quantitative estimate of drug-likeness (QED) is 0.557. The van der Waals surface area contributed by atoms with E-state index in [2.05, 4.69) is 9.88 Å². The number of piperazine rings is 1. The molecule has 1 saturated heterocycles. The molecule has 0 amide bonds. The number of fused-ring (bicyclic) bond motifs is 1. The summed E-state index contributed by atoms with van der Waals surface area (Å²) in [7, 11) is -3.22. The normalized spacial score (nSPS) is 15.6. The third kappa shape index (κ3) is 4.12. The third-order valence-corrected chi connectivity index (χ3v) is 7.88. The molecule has 1 aliphatic heterocycles. The third-order valence-electron chi connectivity index (χ3n) is 5.16. The average molecular weight is 465 g/mol. The second-order valence-electron chi connectivity index (χ2n) is 7.19. The van der Waals surface area contributed by atoms with Gasteiger partial charge in [0.25, 0.3) is 0 Å². The number of rotatable bonds is 5. The summed E-state index contributed by atoms with van der Waals surface area (Å²) in [6, 6.07) is 13.0. The first-order valence-corrected chi connectivity index (χ1v) is 12.2. The number of anilines is 1. The van der Waals surface area contributed by atoms with Gasteiger partial charge in [0.1, 0.15) is 5.82 Å². The Morgan fingerprint density at radius 2 is 1.63 bits per heavy atom. The predicted octanol–water partition coefficient (Wildman–Crippen LogP) is 4.47. The first-order chi connectivity index (χ1) is 14.4. The van der Waals surface area contributed by atoms with Gasteiger partial charge in [-0.2, -0.15) is 4.31 Å². The summed E-state index contributed by atoms with van der Waals surface area (Å²) in [4.78, 5) is 11.6. The summed E-state index contributed by atoms with van der Waals surface area (Å²) in [5.74, 6) is 1.39. The highest BCUT2D eigenvalue weighted by Crippen LogP contribution is 2.35. The van der Waals surface area contributed by atoms with E-state index in [4.69, 9.17) is 28.2 Å². The van der Waals surface area contributed by atoms with Gasteiger partial charge in [0.05, 0.1) is 26.7 Å². The van der Waals surface area contributed by atoms with Crippen molar-refractivity contribution in [1.29, 1.82) is 0 Å². The minimum atomic E-state index is -3.22. The molecular formula is C21H22Cl2N4O2S. The number of aromatic nitrogens is 2. The van der Waals surface area contributed by atoms with Crippen molar-refractivity contribution >= 4 is 49.9 Å². The number of halogens is 2. The molecule has 0 aliphatic carbocycles. The maximum absolute atomic E-state index is 12.4. The highest BCUT2D eigenvalue weighted by molar-refractivity contribution is 7.89. The molecule has 0 spiro atoms. The summed E-state index contributed by atoms with van der Waals surface area (Å²) in [6.07, 6.45) is 0.607. The molecule has 6 nitrogen and oxygen atoms in total. The van der Waals surface area contributed by atoms with Gasteiger partial charge in [0.2, 0.25) is 10.0 Å². The Bertz CT molecular complexity index is 1180. The Balaban J connectivity index is 1.74. The molecule has 3 aromatic rings. The van der Waals surface area contributed by atoms with Crippen molar-refractivity contribution in [3.05, 3.63) is 52.5 Å². The van der Waals surface area contributed by atoms with Gasteiger partial charge in [-0.05, 0) is 30.7 Å². The van der Waals surface area contributed by atoms with Gasteiger partial charge < -0.3 is 4.90 Å². The fraction of sp³-hybridized carbons (Fsp3) is 0.333. The lowest BCUT2D eigenvalue weighted by atomic mass is 10.1. The standard InChI is InChI=1S/C21H22Cl2N4O2S/c1-2-14-30(28,29)27-12-10-26(11-13-27)21-19-17(23)8-5-9-18(19)24-20(25-21)15-6-3-4-7-16(15)22/h3-9H,2,10-14H2,1H3. The van der Waals surface area contributed by atoms with E-state index in [1.54, 1.807) is 10.4 Å². The molecule has 2 heterocycles. The number of benzene rings is 2. The molecule has 1 aromatic heterocycles. The second-order valence-corrected chi connectivity index (χ2v) is 10.1. The van der Waals surface area contributed by atoms with E-state index in [1.165, 1.54) is 0 Å². The molecule has 0 unspecified atom stereocenters. The van der Waals surface area contributed by atoms with E-state index in [-0.39, 0.29) is 5.75 Å². The van der Waals surface area contributed by atoms with Crippen LogP contribution in [0.15, 0.2) is 42.5 Å². The Labute approximate surface area is 186 Å². The Hall–Kier alpha value is -1.93. The second kappa shape index (κ2) is 8.67. The van der Waals surface area contributed by atoms with Crippen LogP contribution in [0.5, 0.6) is 0 Å². The van der Waals surface area contributed by atoms with Gasteiger partial charge in [-0.25, -0.2) is 18.4 Å². The van der Waals surface area contributed by atoms with Crippen molar-refractivity contribution in [3.63, 3.8) is 0 Å². The lowest BCUT2D eigenvalue weighted by Gasteiger charge is -2.35. The highest BCUT2D eigenvalue weighted by Gasteiger charge is 2.28. The van der Waals surface area contributed by atoms with Crippen LogP contribution in [0.1, 0.15) is 13.3 Å². The van der Waals surface area contributed by atoms with Gasteiger partial charge in [-0.1, -0.05) is 48.3 Å². The summed E-state index contributed by atoms with van der Waals surface area (Å²) in [5, 5.41) is 1.90. The Morgan fingerprint density at radius 1 is 0.933 bits per heavy atom. The van der Waals surface area contributed by atoms with E-state index in [1.807, 2.05) is 43.3 Å². The van der Waals surface area contributed by atoms with Crippen LogP contribution in [-0.2, 0) is 10.0 Å². The minimum absolute atomic E-state index is 0.173. The topological polar surface area (TPSA) is 66.4 Å². The zero-order valence-electron chi connectivity index (χ0n) is 16.6. The van der Waals surface area contributed by atoms with Crippen molar-refractivity contribution < 1.29 is 8.42 Å². The van der Waals surface area contributed by atoms with Crippen molar-refractivity contribution in [1.82, 2.24) is 14.3 Å². The van der Waals surface area contributed by atoms with Crippen molar-refractivity contribution in [2.45, 2.75) is 13.3 Å². The lowest BCUT2D eigenvalue weighted by molar-refractivity contribution is 0.384. The molecule has 0 atom stereocenters. The molecule has 0 N–H and O–H groups in total. The fourth-order valence-corrected chi connectivity index (χ4v) is 5.65. The Morgan fingerprint density at radius 3 is 2.33 bits per heavy atom. The molecule has 158 valence electrons. The first-order valence-electron chi connectivity index (χ1n) is 9.84. The average Bonchev–Trinajstić information content (AvgIpc) is 2.73. The van der Waals surface area contributed by atoms with Gasteiger partial charge >= 0.3 is 0 Å². The molecule has 9 heteroatoms. The summed E-state index contributed by atoms with van der Waals surface area (Å²) in [5.41, 5.74) is 1.47. The molecular weight excluding hydrogens is 443 g/mol. The maximum atomic E-state index is 12.4. The number of nitrogens with zero attached hydrogens (tertiary/aromatic N) is 4. The van der Waals surface area contributed by atoms with Crippen LogP contribution in [0.3, 0.4) is 0 Å². The maximum Gasteiger partial charge on any atom is 0.214 e. The lowest BCUT2D eigenvalue weighted by Crippen LogP contribution is -2.49. The molecule has 4 rings (SSSR count). The summed E-state index contributed by atoms with van der Waals surface area (Å²) >= 11 is 12.9. The smallest absolute Gasteiger partial charge is 0.214 e. The molecule has 0 radical (unpaired) electrons. The predicted molar refractivity (Wildman–Crippen MR) is 123 cm³/mol. The largest absolute Gasteiger partial charge is 0.353 e. The number of hydrogen-bond donors (Lipinski definition) is 0. The van der Waals surface area contributed by atoms with Crippen LogP contribution < -0.4 is 4.90 Å². The molecule has 2 aromatic carbocycles. The van der Waals surface area contributed by atoms with Crippen LogP contribution >= 0.6 is 23.2 Å². The Kier molecular flexibility index (Phi) is 6.16. The highest BCUT2D eigenvalue weighted by atomic mass is 35.5. The van der Waals surface area contributed by atoms with Gasteiger partial charge in [0, 0.05) is 31.7 Å². The van der Waals surface area contributed by atoms with Gasteiger partial charge in [0.15, 0.2) is 5.82 Å². The molecule has 0 saturated carbocycles. The van der Waals surface area contributed by atoms with Crippen molar-refractivity contribution in [2.75, 3.05) is 36.8 Å². The van der Waals surface area contributed by atoms with Crippen LogP contribution in [0.4, 0.5) is 5.82 Å². The van der Waals surface area contributed by atoms with Gasteiger partial charge in [-0.15, -0.1) is 0 Å². The van der Waals surface area contributed by atoms with Crippen LogP contribution in [0, 0.1) is 0 Å². The van der Waals surface area contributed by atoms with Crippen molar-refractivity contribution in [3.8, 4) is 11.4 Å². The van der Waals surface area contributed by atoms with Crippen LogP contribution in [0.25, 0.3) is 22.3 Å². The fourth-order valence-electron chi connectivity index (χ4n) is 3.68. The van der Waals surface area contributed by atoms with E-state index in [0.717, 1.165) is 16.5 Å². The molecule has 1 aliphatic rings. The van der Waals surface area contributed by atoms with E-state index in [9.17, 15) is 8.42 Å². The SMILES string of the molecule is CCCS(=O)(=O)N1CCN(c2nc(-c3ccccc3Cl)nc3cccc(Cl)c23)CC1. The van der Waals surface area contributed by atoms with Crippen LogP contribution in [0.2, 0.25) is 10.0 Å². The number of sulfonamides is 1. The molecule has 30 heavy (non-hydrogen) atoms. The molecule has 0 bridgehead atoms. The zero-order valence-corrected chi connectivity index (χ0v) is 18.9. The first kappa shape index (κ1) is 21.3. The zero-order chi connectivity index (χ0) is 21.3. The van der Waals surface area contributed by atoms with Crippen LogP contribution in [-0.4, -0.2) is 54.6 Å². The van der Waals surface area contributed by atoms with E-state index in [0.29, 0.717) is 54.3 Å². The van der Waals surface area contributed by atoms with E-state index < -0.39 is 10.0 Å². The molecule has 1 fully saturated rings.